The molecule has 0 radical (unpaired) electrons. The number of rotatable bonds is 12. The van der Waals surface area contributed by atoms with Gasteiger partial charge in [-0.1, -0.05) is 42.5 Å². The molecule has 3 aromatic rings. The summed E-state index contributed by atoms with van der Waals surface area (Å²) in [5, 5.41) is 28.6. The lowest BCUT2D eigenvalue weighted by atomic mass is 9.85. The molecule has 0 bridgehead atoms. The highest BCUT2D eigenvalue weighted by Crippen LogP contribution is 2.40. The average molecular weight is 608 g/mol. The standard InChI is InChI=1S/C31H29NO12/c1-18(32(15-26(33)34)28(35)25-16-42-31(44-25,29(36)37)30(38)39)23(14-20-6-5-9-24-27(20)41-17-40-24)19-10-12-22(13-11-19)43-21-7-3-2-4-8-21/h2-13,18,23,25H,14-17H2,1H3,(H,33,34)(H,36,37)(H,38,39). The van der Waals surface area contributed by atoms with Crippen LogP contribution in [0, 0.1) is 0 Å². The highest BCUT2D eigenvalue weighted by Gasteiger charge is 2.58. The lowest BCUT2D eigenvalue weighted by Gasteiger charge is -2.35. The molecular formula is C31H29NO12. The highest BCUT2D eigenvalue weighted by atomic mass is 16.8. The number of carbonyl (C=O) groups is 4. The van der Waals surface area contributed by atoms with Crippen molar-refractivity contribution in [2.45, 2.75) is 37.2 Å². The number of aliphatic carboxylic acids is 3. The van der Waals surface area contributed by atoms with Gasteiger partial charge in [0.25, 0.3) is 5.91 Å². The Kier molecular flexibility index (Phi) is 8.69. The smallest absolute Gasteiger partial charge is 0.377 e. The Morgan fingerprint density at radius 2 is 1.59 bits per heavy atom. The van der Waals surface area contributed by atoms with Crippen LogP contribution in [0.2, 0.25) is 0 Å². The normalized spacial score (nSPS) is 17.8. The van der Waals surface area contributed by atoms with Crippen molar-refractivity contribution in [2.24, 2.45) is 0 Å². The third kappa shape index (κ3) is 6.14. The van der Waals surface area contributed by atoms with Crippen molar-refractivity contribution in [3.05, 3.63) is 83.9 Å². The van der Waals surface area contributed by atoms with Crippen molar-refractivity contribution in [3.8, 4) is 23.0 Å². The molecule has 2 heterocycles. The van der Waals surface area contributed by atoms with E-state index in [0.29, 0.717) is 23.0 Å². The Morgan fingerprint density at radius 3 is 2.23 bits per heavy atom. The minimum Gasteiger partial charge on any atom is -0.480 e. The molecule has 3 unspecified atom stereocenters. The number of nitrogens with zero attached hydrogens (tertiary/aromatic N) is 1. The fourth-order valence-electron chi connectivity index (χ4n) is 5.23. The first-order valence-electron chi connectivity index (χ1n) is 13.6. The van der Waals surface area contributed by atoms with Gasteiger partial charge in [-0.15, -0.1) is 0 Å². The summed E-state index contributed by atoms with van der Waals surface area (Å²) in [5.41, 5.74) is 1.48. The summed E-state index contributed by atoms with van der Waals surface area (Å²) < 4.78 is 27.2. The second-order valence-corrected chi connectivity index (χ2v) is 10.2. The van der Waals surface area contributed by atoms with Gasteiger partial charge in [-0.05, 0) is 54.8 Å². The van der Waals surface area contributed by atoms with Gasteiger partial charge in [0.15, 0.2) is 17.6 Å². The number of hydrogen-bond acceptors (Lipinski definition) is 9. The summed E-state index contributed by atoms with van der Waals surface area (Å²) in [5.74, 6) is -7.53. The molecule has 230 valence electrons. The zero-order valence-corrected chi connectivity index (χ0v) is 23.5. The molecule has 5 rings (SSSR count). The van der Waals surface area contributed by atoms with Crippen molar-refractivity contribution < 1.29 is 58.2 Å². The number of fused-ring (bicyclic) bond motifs is 1. The minimum atomic E-state index is -3.09. The van der Waals surface area contributed by atoms with Gasteiger partial charge in [0.05, 0.1) is 6.61 Å². The van der Waals surface area contributed by atoms with E-state index in [2.05, 4.69) is 0 Å². The van der Waals surface area contributed by atoms with E-state index in [4.69, 9.17) is 23.7 Å². The Morgan fingerprint density at radius 1 is 0.909 bits per heavy atom. The summed E-state index contributed by atoms with van der Waals surface area (Å²) in [4.78, 5) is 50.0. The molecule has 13 nitrogen and oxygen atoms in total. The molecule has 3 aromatic carbocycles. The summed E-state index contributed by atoms with van der Waals surface area (Å²) in [7, 11) is 0. The number of ether oxygens (including phenoxy) is 5. The number of amides is 1. The van der Waals surface area contributed by atoms with Gasteiger partial charge in [0.2, 0.25) is 6.79 Å². The Balaban J connectivity index is 1.47. The quantitative estimate of drug-likeness (QED) is 0.257. The molecule has 2 aliphatic rings. The average Bonchev–Trinajstić information content (AvgIpc) is 3.68. The topological polar surface area (TPSA) is 178 Å². The van der Waals surface area contributed by atoms with Gasteiger partial charge >= 0.3 is 23.7 Å². The van der Waals surface area contributed by atoms with Crippen LogP contribution >= 0.6 is 0 Å². The maximum Gasteiger partial charge on any atom is 0.377 e. The first-order valence-corrected chi connectivity index (χ1v) is 13.6. The minimum absolute atomic E-state index is 0.0373. The summed E-state index contributed by atoms with van der Waals surface area (Å²) in [6, 6.07) is 20.9. The number of hydrogen-bond donors (Lipinski definition) is 3. The molecular weight excluding hydrogens is 578 g/mol. The fourth-order valence-corrected chi connectivity index (χ4v) is 5.23. The molecule has 0 saturated carbocycles. The number of carboxylic acid groups (broad SMARTS) is 3. The lowest BCUT2D eigenvalue weighted by Crippen LogP contribution is -2.52. The monoisotopic (exact) mass is 607 g/mol. The zero-order valence-electron chi connectivity index (χ0n) is 23.5. The molecule has 13 heteroatoms. The number of para-hydroxylation sites is 2. The first kappa shape index (κ1) is 30.3. The molecule has 0 spiro atoms. The van der Waals surface area contributed by atoms with Crippen LogP contribution in [-0.4, -0.2) is 81.9 Å². The van der Waals surface area contributed by atoms with Gasteiger partial charge in [-0.2, -0.15) is 0 Å². The summed E-state index contributed by atoms with van der Waals surface area (Å²) >= 11 is 0. The van der Waals surface area contributed by atoms with Crippen LogP contribution in [-0.2, 0) is 35.1 Å². The van der Waals surface area contributed by atoms with E-state index < -0.39 is 60.8 Å². The predicted octanol–water partition coefficient (Wildman–Crippen LogP) is 3.12. The molecule has 1 saturated heterocycles. The number of carboxylic acids is 3. The predicted molar refractivity (Wildman–Crippen MR) is 150 cm³/mol. The van der Waals surface area contributed by atoms with E-state index in [0.717, 1.165) is 16.0 Å². The van der Waals surface area contributed by atoms with E-state index in [1.807, 2.05) is 36.4 Å². The van der Waals surface area contributed by atoms with E-state index in [1.165, 1.54) is 0 Å². The highest BCUT2D eigenvalue weighted by molar-refractivity contribution is 6.01. The van der Waals surface area contributed by atoms with Gasteiger partial charge in [0.1, 0.15) is 18.0 Å². The van der Waals surface area contributed by atoms with E-state index in [1.54, 1.807) is 43.3 Å². The summed E-state index contributed by atoms with van der Waals surface area (Å²) in [6.45, 7) is 0.215. The SMILES string of the molecule is CC(C(Cc1cccc2c1OCO2)c1ccc(Oc2ccccc2)cc1)N(CC(=O)O)C(=O)C1COC(C(=O)O)(C(=O)O)O1. The van der Waals surface area contributed by atoms with Crippen LogP contribution in [0.1, 0.15) is 24.0 Å². The second kappa shape index (κ2) is 12.6. The molecule has 0 aromatic heterocycles. The van der Waals surface area contributed by atoms with Gasteiger partial charge < -0.3 is 43.9 Å². The zero-order chi connectivity index (χ0) is 31.4. The van der Waals surface area contributed by atoms with Gasteiger partial charge in [-0.3, -0.25) is 9.59 Å². The van der Waals surface area contributed by atoms with Crippen molar-refractivity contribution in [2.75, 3.05) is 19.9 Å². The van der Waals surface area contributed by atoms with Crippen LogP contribution in [0.5, 0.6) is 23.0 Å². The first-order chi connectivity index (χ1) is 21.1. The van der Waals surface area contributed by atoms with Crippen LogP contribution in [0.4, 0.5) is 0 Å². The third-order valence-corrected chi connectivity index (χ3v) is 7.45. The second-order valence-electron chi connectivity index (χ2n) is 10.2. The fraction of sp³-hybridized carbons (Fsp3) is 0.290. The molecule has 3 N–H and O–H groups in total. The molecule has 1 fully saturated rings. The lowest BCUT2D eigenvalue weighted by molar-refractivity contribution is -0.218. The third-order valence-electron chi connectivity index (χ3n) is 7.45. The molecule has 1 amide bonds. The van der Waals surface area contributed by atoms with Crippen molar-refractivity contribution in [1.82, 2.24) is 4.90 Å². The van der Waals surface area contributed by atoms with Crippen LogP contribution in [0.15, 0.2) is 72.8 Å². The number of carbonyl (C=O) groups excluding carboxylic acids is 1. The summed E-state index contributed by atoms with van der Waals surface area (Å²) in [6.07, 6.45) is -1.39. The van der Waals surface area contributed by atoms with Gasteiger partial charge in [-0.25, -0.2) is 9.59 Å². The molecule has 0 aliphatic carbocycles. The van der Waals surface area contributed by atoms with Crippen LogP contribution in [0.25, 0.3) is 0 Å². The van der Waals surface area contributed by atoms with Crippen LogP contribution < -0.4 is 14.2 Å². The van der Waals surface area contributed by atoms with Crippen molar-refractivity contribution >= 4 is 23.8 Å². The molecule has 2 aliphatic heterocycles. The van der Waals surface area contributed by atoms with Crippen molar-refractivity contribution in [3.63, 3.8) is 0 Å². The number of benzene rings is 3. The maximum absolute atomic E-state index is 13.7. The Labute approximate surface area is 251 Å². The van der Waals surface area contributed by atoms with E-state index >= 15 is 0 Å². The largest absolute Gasteiger partial charge is 0.480 e. The maximum atomic E-state index is 13.7. The van der Waals surface area contributed by atoms with E-state index in [9.17, 15) is 34.5 Å². The van der Waals surface area contributed by atoms with Crippen LogP contribution in [0.3, 0.4) is 0 Å². The molecule has 3 atom stereocenters. The van der Waals surface area contributed by atoms with E-state index in [-0.39, 0.29) is 13.2 Å². The van der Waals surface area contributed by atoms with Crippen molar-refractivity contribution in [1.29, 1.82) is 0 Å². The molecule has 44 heavy (non-hydrogen) atoms. The Bertz CT molecular complexity index is 1530. The van der Waals surface area contributed by atoms with Gasteiger partial charge in [0, 0.05) is 12.0 Å². The Hall–Kier alpha value is -5.14.